The zero-order chi connectivity index (χ0) is 19.5. The molecule has 0 aliphatic carbocycles. The second-order valence-corrected chi connectivity index (χ2v) is 9.11. The number of hydrogen-bond acceptors (Lipinski definition) is 4. The average Bonchev–Trinajstić information content (AvgIpc) is 2.57. The van der Waals surface area contributed by atoms with Gasteiger partial charge in [-0.2, -0.15) is 0 Å². The predicted molar refractivity (Wildman–Crippen MR) is 105 cm³/mol. The van der Waals surface area contributed by atoms with Crippen molar-refractivity contribution in [3.8, 4) is 5.75 Å². The maximum Gasteiger partial charge on any atom is 0.265 e. The van der Waals surface area contributed by atoms with Gasteiger partial charge >= 0.3 is 0 Å². The number of nitrogens with one attached hydrogen (secondary N) is 1. The fourth-order valence-electron chi connectivity index (χ4n) is 2.00. The zero-order valence-electron chi connectivity index (χ0n) is 14.4. The Balaban J connectivity index is 2.12. The van der Waals surface area contributed by atoms with E-state index in [1.54, 1.807) is 37.3 Å². The van der Waals surface area contributed by atoms with Gasteiger partial charge in [0.2, 0.25) is 10.0 Å². The molecular weight excluding hydrogens is 444 g/mol. The van der Waals surface area contributed by atoms with Gasteiger partial charge in [0.25, 0.3) is 5.91 Å². The molecule has 0 unspecified atom stereocenters. The van der Waals surface area contributed by atoms with Crippen LogP contribution in [0.2, 0.25) is 5.02 Å². The van der Waals surface area contributed by atoms with Gasteiger partial charge in [0, 0.05) is 24.3 Å². The number of nitrogens with zero attached hydrogens (tertiary/aromatic N) is 1. The zero-order valence-corrected chi connectivity index (χ0v) is 17.5. The Morgan fingerprint density at radius 2 is 1.92 bits per heavy atom. The molecule has 1 amide bonds. The number of carbonyl (C=O) groups excluding carboxylic acids is 1. The minimum Gasteiger partial charge on any atom is -0.479 e. The van der Waals surface area contributed by atoms with Gasteiger partial charge in [-0.1, -0.05) is 33.6 Å². The number of hydrogen-bond donors (Lipinski definition) is 1. The topological polar surface area (TPSA) is 75.7 Å². The third-order valence-corrected chi connectivity index (χ3v) is 6.05. The predicted octanol–water partition coefficient (Wildman–Crippen LogP) is 3.76. The number of ether oxygens (including phenoxy) is 1. The molecule has 1 N–H and O–H groups in total. The van der Waals surface area contributed by atoms with Crippen LogP contribution in [0.3, 0.4) is 0 Å². The second-order valence-electron chi connectivity index (χ2n) is 5.64. The maximum atomic E-state index is 12.3. The molecular formula is C17H18BrClN2O4S. The van der Waals surface area contributed by atoms with Crippen molar-refractivity contribution in [2.24, 2.45) is 0 Å². The van der Waals surface area contributed by atoms with E-state index >= 15 is 0 Å². The van der Waals surface area contributed by atoms with E-state index in [0.717, 1.165) is 8.78 Å². The molecule has 0 radical (unpaired) electrons. The van der Waals surface area contributed by atoms with Gasteiger partial charge < -0.3 is 10.1 Å². The van der Waals surface area contributed by atoms with E-state index < -0.39 is 22.0 Å². The minimum atomic E-state index is -3.58. The standard InChI is InChI=1S/C17H18BrClN2O4S/c1-11(25-16-8-7-12(18)9-15(16)19)17(22)20-13-5-4-6-14(10-13)26(23,24)21(2)3/h4-11H,1-3H3,(H,20,22)/t11-/m0/s1. The third-order valence-electron chi connectivity index (χ3n) is 3.45. The number of rotatable bonds is 6. The fraction of sp³-hybridized carbons (Fsp3) is 0.235. The molecule has 2 rings (SSSR count). The van der Waals surface area contributed by atoms with Crippen LogP contribution in [-0.4, -0.2) is 38.8 Å². The summed E-state index contributed by atoms with van der Waals surface area (Å²) < 4.78 is 31.8. The first-order chi connectivity index (χ1) is 12.1. The molecule has 0 aromatic heterocycles. The maximum absolute atomic E-state index is 12.3. The molecule has 1 atom stereocenters. The van der Waals surface area contributed by atoms with Crippen LogP contribution in [0.4, 0.5) is 5.69 Å². The summed E-state index contributed by atoms with van der Waals surface area (Å²) in [5.41, 5.74) is 0.357. The van der Waals surface area contributed by atoms with Gasteiger partial charge in [-0.25, -0.2) is 12.7 Å². The number of sulfonamides is 1. The lowest BCUT2D eigenvalue weighted by Gasteiger charge is -2.16. The first-order valence-corrected chi connectivity index (χ1v) is 10.2. The van der Waals surface area contributed by atoms with Gasteiger partial charge in [0.05, 0.1) is 9.92 Å². The molecule has 0 aliphatic heterocycles. The summed E-state index contributed by atoms with van der Waals surface area (Å²) >= 11 is 9.38. The molecule has 0 saturated carbocycles. The molecule has 2 aromatic carbocycles. The van der Waals surface area contributed by atoms with Crippen LogP contribution in [0, 0.1) is 0 Å². The fourth-order valence-corrected chi connectivity index (χ4v) is 3.67. The van der Waals surface area contributed by atoms with Crippen LogP contribution in [0.5, 0.6) is 5.75 Å². The highest BCUT2D eigenvalue weighted by Crippen LogP contribution is 2.28. The van der Waals surface area contributed by atoms with Crippen molar-refractivity contribution in [3.63, 3.8) is 0 Å². The highest BCUT2D eigenvalue weighted by Gasteiger charge is 2.20. The Bertz CT molecular complexity index is 919. The van der Waals surface area contributed by atoms with E-state index in [0.29, 0.717) is 16.5 Å². The van der Waals surface area contributed by atoms with E-state index in [4.69, 9.17) is 16.3 Å². The smallest absolute Gasteiger partial charge is 0.265 e. The summed E-state index contributed by atoms with van der Waals surface area (Å²) in [6.45, 7) is 1.58. The number of halogens is 2. The van der Waals surface area contributed by atoms with Crippen molar-refractivity contribution in [1.29, 1.82) is 0 Å². The monoisotopic (exact) mass is 460 g/mol. The summed E-state index contributed by atoms with van der Waals surface area (Å²) in [5.74, 6) is -0.0511. The molecule has 0 heterocycles. The lowest BCUT2D eigenvalue weighted by atomic mass is 10.3. The lowest BCUT2D eigenvalue weighted by Crippen LogP contribution is -2.30. The quantitative estimate of drug-likeness (QED) is 0.711. The summed E-state index contributed by atoms with van der Waals surface area (Å²) in [7, 11) is -0.699. The van der Waals surface area contributed by atoms with Gasteiger partial charge in [0.15, 0.2) is 6.10 Å². The van der Waals surface area contributed by atoms with Crippen molar-refractivity contribution in [3.05, 3.63) is 52.0 Å². The van der Waals surface area contributed by atoms with Crippen LogP contribution in [0.1, 0.15) is 6.92 Å². The number of anilines is 1. The molecule has 0 bridgehead atoms. The molecule has 26 heavy (non-hydrogen) atoms. The molecule has 140 valence electrons. The van der Waals surface area contributed by atoms with Crippen molar-refractivity contribution >= 4 is 49.1 Å². The Morgan fingerprint density at radius 3 is 2.54 bits per heavy atom. The number of amides is 1. The molecule has 9 heteroatoms. The summed E-state index contributed by atoms with van der Waals surface area (Å²) in [6, 6.07) is 11.1. The molecule has 0 saturated heterocycles. The van der Waals surface area contributed by atoms with E-state index in [9.17, 15) is 13.2 Å². The summed E-state index contributed by atoms with van der Waals surface area (Å²) in [6.07, 6.45) is -0.831. The molecule has 0 fully saturated rings. The second kappa shape index (κ2) is 8.39. The Kier molecular flexibility index (Phi) is 6.68. The van der Waals surface area contributed by atoms with E-state index in [-0.39, 0.29) is 4.90 Å². The van der Waals surface area contributed by atoms with Gasteiger partial charge in [-0.3, -0.25) is 4.79 Å². The highest BCUT2D eigenvalue weighted by atomic mass is 79.9. The SMILES string of the molecule is C[C@H](Oc1ccc(Br)cc1Cl)C(=O)Nc1cccc(S(=O)(=O)N(C)C)c1. The average molecular weight is 462 g/mol. The summed E-state index contributed by atoms with van der Waals surface area (Å²) in [5, 5.41) is 3.02. The Morgan fingerprint density at radius 1 is 1.23 bits per heavy atom. The van der Waals surface area contributed by atoms with E-state index in [2.05, 4.69) is 21.2 Å². The van der Waals surface area contributed by atoms with Gasteiger partial charge in [-0.15, -0.1) is 0 Å². The first kappa shape index (κ1) is 20.7. The molecule has 6 nitrogen and oxygen atoms in total. The minimum absolute atomic E-state index is 0.0878. The van der Waals surface area contributed by atoms with Crippen molar-refractivity contribution in [1.82, 2.24) is 4.31 Å². The highest BCUT2D eigenvalue weighted by molar-refractivity contribution is 9.10. The molecule has 2 aromatic rings. The van der Waals surface area contributed by atoms with Crippen molar-refractivity contribution < 1.29 is 17.9 Å². The Labute approximate surface area is 166 Å². The van der Waals surface area contributed by atoms with Crippen LogP contribution in [-0.2, 0) is 14.8 Å². The number of carbonyl (C=O) groups is 1. The Hall–Kier alpha value is -1.61. The lowest BCUT2D eigenvalue weighted by molar-refractivity contribution is -0.122. The van der Waals surface area contributed by atoms with E-state index in [1.165, 1.54) is 26.2 Å². The molecule has 0 aliphatic rings. The summed E-state index contributed by atoms with van der Waals surface area (Å²) in [4.78, 5) is 12.4. The van der Waals surface area contributed by atoms with Crippen LogP contribution < -0.4 is 10.1 Å². The van der Waals surface area contributed by atoms with Crippen LogP contribution >= 0.6 is 27.5 Å². The van der Waals surface area contributed by atoms with Gasteiger partial charge in [0.1, 0.15) is 5.75 Å². The third kappa shape index (κ3) is 4.97. The van der Waals surface area contributed by atoms with Crippen LogP contribution in [0.25, 0.3) is 0 Å². The van der Waals surface area contributed by atoms with E-state index in [1.807, 2.05) is 0 Å². The molecule has 0 spiro atoms. The van der Waals surface area contributed by atoms with Crippen molar-refractivity contribution in [2.45, 2.75) is 17.9 Å². The van der Waals surface area contributed by atoms with Gasteiger partial charge in [-0.05, 0) is 43.3 Å². The first-order valence-electron chi connectivity index (χ1n) is 7.56. The number of benzene rings is 2. The largest absolute Gasteiger partial charge is 0.479 e. The van der Waals surface area contributed by atoms with Crippen molar-refractivity contribution in [2.75, 3.05) is 19.4 Å². The normalized spacial score (nSPS) is 12.7. The van der Waals surface area contributed by atoms with Crippen LogP contribution in [0.15, 0.2) is 51.8 Å².